The van der Waals surface area contributed by atoms with Crippen molar-refractivity contribution in [3.63, 3.8) is 0 Å². The van der Waals surface area contributed by atoms with Gasteiger partial charge in [0, 0.05) is 36.9 Å². The lowest BCUT2D eigenvalue weighted by molar-refractivity contribution is -0.131. The normalized spacial score (nSPS) is 21.4. The molecule has 1 saturated heterocycles. The fourth-order valence-electron chi connectivity index (χ4n) is 4.21. The molecule has 0 spiro atoms. The Morgan fingerprint density at radius 1 is 1.11 bits per heavy atom. The standard InChI is InChI=1S/C21H28N4OS/c1-16(27-18-10-4-2-5-11-18)21(26)24-13-8-9-17(15-24)20-23-22-19-12-6-3-7-14-25(19)20/h2,4-5,10-11,16-17H,3,6-9,12-15H2,1H3. The van der Waals surface area contributed by atoms with Crippen LogP contribution in [0.3, 0.4) is 0 Å². The maximum atomic E-state index is 13.0. The third-order valence-electron chi connectivity index (χ3n) is 5.64. The number of piperidine rings is 1. The first-order chi connectivity index (χ1) is 13.2. The molecule has 0 N–H and O–H groups in total. The second-order valence-electron chi connectivity index (χ2n) is 7.63. The third-order valence-corrected chi connectivity index (χ3v) is 6.74. The van der Waals surface area contributed by atoms with Crippen LogP contribution >= 0.6 is 11.8 Å². The molecule has 1 aromatic carbocycles. The van der Waals surface area contributed by atoms with Crippen LogP contribution in [0.1, 0.15) is 56.6 Å². The molecule has 1 amide bonds. The van der Waals surface area contributed by atoms with Crippen LogP contribution in [0.25, 0.3) is 0 Å². The summed E-state index contributed by atoms with van der Waals surface area (Å²) in [6, 6.07) is 10.2. The van der Waals surface area contributed by atoms with Gasteiger partial charge in [0.2, 0.25) is 5.91 Å². The predicted octanol–water partition coefficient (Wildman–Crippen LogP) is 3.89. The van der Waals surface area contributed by atoms with Crippen LogP contribution in [0, 0.1) is 0 Å². The molecular formula is C21H28N4OS. The number of fused-ring (bicyclic) bond motifs is 1. The van der Waals surface area contributed by atoms with Crippen LogP contribution < -0.4 is 0 Å². The zero-order valence-electron chi connectivity index (χ0n) is 16.0. The molecule has 2 aliphatic heterocycles. The van der Waals surface area contributed by atoms with E-state index in [4.69, 9.17) is 0 Å². The lowest BCUT2D eigenvalue weighted by Gasteiger charge is -2.34. The molecule has 5 nitrogen and oxygen atoms in total. The summed E-state index contributed by atoms with van der Waals surface area (Å²) in [6.07, 6.45) is 6.86. The van der Waals surface area contributed by atoms with E-state index in [1.54, 1.807) is 11.8 Å². The number of hydrogen-bond acceptors (Lipinski definition) is 4. The van der Waals surface area contributed by atoms with Gasteiger partial charge in [-0.2, -0.15) is 0 Å². The van der Waals surface area contributed by atoms with E-state index in [9.17, 15) is 4.79 Å². The summed E-state index contributed by atoms with van der Waals surface area (Å²) < 4.78 is 2.34. The Morgan fingerprint density at radius 3 is 2.81 bits per heavy atom. The topological polar surface area (TPSA) is 51.0 Å². The first kappa shape index (κ1) is 18.5. The van der Waals surface area contributed by atoms with Crippen LogP contribution in [0.5, 0.6) is 0 Å². The van der Waals surface area contributed by atoms with Gasteiger partial charge in [0.05, 0.1) is 5.25 Å². The third kappa shape index (κ3) is 4.21. The van der Waals surface area contributed by atoms with Crippen molar-refractivity contribution in [3.8, 4) is 0 Å². The Balaban J connectivity index is 1.43. The van der Waals surface area contributed by atoms with Crippen molar-refractivity contribution in [2.75, 3.05) is 13.1 Å². The van der Waals surface area contributed by atoms with E-state index in [1.165, 1.54) is 19.3 Å². The van der Waals surface area contributed by atoms with Gasteiger partial charge in [-0.1, -0.05) is 24.6 Å². The summed E-state index contributed by atoms with van der Waals surface area (Å²) in [7, 11) is 0. The van der Waals surface area contributed by atoms with E-state index in [0.717, 1.165) is 55.4 Å². The number of carbonyl (C=O) groups is 1. The lowest BCUT2D eigenvalue weighted by atomic mass is 9.96. The Morgan fingerprint density at radius 2 is 1.96 bits per heavy atom. The van der Waals surface area contributed by atoms with Gasteiger partial charge in [0.15, 0.2) is 0 Å². The number of thioether (sulfide) groups is 1. The van der Waals surface area contributed by atoms with E-state index in [0.29, 0.717) is 5.92 Å². The molecule has 2 aromatic rings. The number of aryl methyl sites for hydroxylation is 1. The molecule has 2 aliphatic rings. The monoisotopic (exact) mass is 384 g/mol. The van der Waals surface area contributed by atoms with Gasteiger partial charge in [-0.25, -0.2) is 0 Å². The molecule has 27 heavy (non-hydrogen) atoms. The molecule has 6 heteroatoms. The average molecular weight is 385 g/mol. The molecular weight excluding hydrogens is 356 g/mol. The summed E-state index contributed by atoms with van der Waals surface area (Å²) in [5, 5.41) is 8.93. The zero-order chi connectivity index (χ0) is 18.6. The van der Waals surface area contributed by atoms with Gasteiger partial charge in [-0.05, 0) is 44.7 Å². The molecule has 0 radical (unpaired) electrons. The first-order valence-electron chi connectivity index (χ1n) is 10.1. The zero-order valence-corrected chi connectivity index (χ0v) is 16.8. The van der Waals surface area contributed by atoms with E-state index in [-0.39, 0.29) is 11.2 Å². The van der Waals surface area contributed by atoms with E-state index in [2.05, 4.69) is 26.9 Å². The molecule has 2 unspecified atom stereocenters. The Labute approximate surface area is 165 Å². The highest BCUT2D eigenvalue weighted by atomic mass is 32.2. The number of nitrogens with zero attached hydrogens (tertiary/aromatic N) is 4. The number of hydrogen-bond donors (Lipinski definition) is 0. The summed E-state index contributed by atoms with van der Waals surface area (Å²) >= 11 is 1.65. The molecule has 0 aliphatic carbocycles. The fourth-order valence-corrected chi connectivity index (χ4v) is 5.18. The van der Waals surface area contributed by atoms with Crippen molar-refractivity contribution in [1.29, 1.82) is 0 Å². The molecule has 0 saturated carbocycles. The largest absolute Gasteiger partial charge is 0.341 e. The summed E-state index contributed by atoms with van der Waals surface area (Å²) in [6.45, 7) is 4.68. The van der Waals surface area contributed by atoms with Gasteiger partial charge < -0.3 is 9.47 Å². The molecule has 4 rings (SSSR count). The number of likely N-dealkylation sites (tertiary alicyclic amines) is 1. The molecule has 1 fully saturated rings. The van der Waals surface area contributed by atoms with Crippen LogP contribution in [-0.2, 0) is 17.8 Å². The highest BCUT2D eigenvalue weighted by molar-refractivity contribution is 8.00. The van der Waals surface area contributed by atoms with E-state index >= 15 is 0 Å². The minimum atomic E-state index is -0.0679. The molecule has 0 bridgehead atoms. The SMILES string of the molecule is CC(Sc1ccccc1)C(=O)N1CCCC(c2nnc3n2CCCCC3)C1. The van der Waals surface area contributed by atoms with Crippen molar-refractivity contribution in [2.45, 2.75) is 68.1 Å². The quantitative estimate of drug-likeness (QED) is 0.751. The summed E-state index contributed by atoms with van der Waals surface area (Å²) in [5.41, 5.74) is 0. The number of benzene rings is 1. The van der Waals surface area contributed by atoms with E-state index < -0.39 is 0 Å². The van der Waals surface area contributed by atoms with Crippen LogP contribution in [-0.4, -0.2) is 43.9 Å². The maximum absolute atomic E-state index is 13.0. The second kappa shape index (κ2) is 8.46. The first-order valence-corrected chi connectivity index (χ1v) is 11.0. The van der Waals surface area contributed by atoms with Gasteiger partial charge in [-0.15, -0.1) is 22.0 Å². The lowest BCUT2D eigenvalue weighted by Crippen LogP contribution is -2.43. The molecule has 3 heterocycles. The smallest absolute Gasteiger partial charge is 0.235 e. The van der Waals surface area contributed by atoms with Crippen molar-refractivity contribution in [3.05, 3.63) is 42.0 Å². The highest BCUT2D eigenvalue weighted by Gasteiger charge is 2.31. The summed E-state index contributed by atoms with van der Waals surface area (Å²) in [5.74, 6) is 2.80. The Hall–Kier alpha value is -1.82. The van der Waals surface area contributed by atoms with Crippen molar-refractivity contribution < 1.29 is 4.79 Å². The van der Waals surface area contributed by atoms with Gasteiger partial charge in [0.25, 0.3) is 0 Å². The maximum Gasteiger partial charge on any atom is 0.235 e. The van der Waals surface area contributed by atoms with Crippen molar-refractivity contribution >= 4 is 17.7 Å². The van der Waals surface area contributed by atoms with Gasteiger partial charge in [0.1, 0.15) is 11.6 Å². The Kier molecular flexibility index (Phi) is 5.81. The van der Waals surface area contributed by atoms with Crippen molar-refractivity contribution in [1.82, 2.24) is 19.7 Å². The second-order valence-corrected chi connectivity index (χ2v) is 9.05. The number of rotatable bonds is 4. The Bertz CT molecular complexity index is 776. The minimum Gasteiger partial charge on any atom is -0.341 e. The van der Waals surface area contributed by atoms with Crippen LogP contribution in [0.2, 0.25) is 0 Å². The van der Waals surface area contributed by atoms with E-state index in [1.807, 2.05) is 30.0 Å². The van der Waals surface area contributed by atoms with Gasteiger partial charge in [-0.3, -0.25) is 4.79 Å². The minimum absolute atomic E-state index is 0.0679. The highest BCUT2D eigenvalue weighted by Crippen LogP contribution is 2.30. The van der Waals surface area contributed by atoms with Gasteiger partial charge >= 0.3 is 0 Å². The summed E-state index contributed by atoms with van der Waals surface area (Å²) in [4.78, 5) is 16.2. The van der Waals surface area contributed by atoms with Crippen LogP contribution in [0.4, 0.5) is 0 Å². The molecule has 1 aromatic heterocycles. The molecule has 2 atom stereocenters. The number of aromatic nitrogens is 3. The fraction of sp³-hybridized carbons (Fsp3) is 0.571. The average Bonchev–Trinajstić information content (AvgIpc) is 2.96. The number of amides is 1. The number of carbonyl (C=O) groups excluding carboxylic acids is 1. The predicted molar refractivity (Wildman–Crippen MR) is 108 cm³/mol. The molecule has 144 valence electrons. The van der Waals surface area contributed by atoms with Crippen LogP contribution in [0.15, 0.2) is 35.2 Å². The van der Waals surface area contributed by atoms with Crippen molar-refractivity contribution in [2.24, 2.45) is 0 Å².